The molecule has 1 aromatic rings. The molecule has 22 heavy (non-hydrogen) atoms. The predicted molar refractivity (Wildman–Crippen MR) is 77.0 cm³/mol. The van der Waals surface area contributed by atoms with E-state index < -0.39 is 16.9 Å². The van der Waals surface area contributed by atoms with Crippen LogP contribution in [0.5, 0.6) is 0 Å². The molecule has 8 heteroatoms. The first-order valence-corrected chi connectivity index (χ1v) is 6.78. The molecule has 0 saturated carbocycles. The molecular weight excluding hydrogens is 292 g/mol. The fourth-order valence-electron chi connectivity index (χ4n) is 2.54. The summed E-state index contributed by atoms with van der Waals surface area (Å²) < 4.78 is 4.58. The maximum Gasteiger partial charge on any atom is 0.344 e. The molecule has 1 heterocycles. The highest BCUT2D eigenvalue weighted by Crippen LogP contribution is 2.28. The topological polar surface area (TPSA) is 110 Å². The average Bonchev–Trinajstić information content (AvgIpc) is 2.53. The molecule has 1 aliphatic rings. The van der Waals surface area contributed by atoms with E-state index in [1.165, 1.54) is 12.1 Å². The van der Waals surface area contributed by atoms with Gasteiger partial charge in [0.05, 0.1) is 18.0 Å². The van der Waals surface area contributed by atoms with Gasteiger partial charge in [-0.3, -0.25) is 14.9 Å². The number of nitro groups is 1. The summed E-state index contributed by atoms with van der Waals surface area (Å²) in [5.41, 5.74) is 0.233. The van der Waals surface area contributed by atoms with Crippen molar-refractivity contribution in [3.05, 3.63) is 33.9 Å². The molecular formula is C14H16N2O6. The highest BCUT2D eigenvalue weighted by molar-refractivity contribution is 5.95. The van der Waals surface area contributed by atoms with Crippen LogP contribution in [0.15, 0.2) is 18.2 Å². The molecule has 0 aromatic heterocycles. The van der Waals surface area contributed by atoms with Gasteiger partial charge in [0.1, 0.15) is 5.56 Å². The molecule has 0 bridgehead atoms. The van der Waals surface area contributed by atoms with Gasteiger partial charge in [-0.2, -0.15) is 0 Å². The lowest BCUT2D eigenvalue weighted by atomic mass is 9.96. The number of carbonyl (C=O) groups is 2. The van der Waals surface area contributed by atoms with E-state index in [0.717, 1.165) is 7.11 Å². The van der Waals surface area contributed by atoms with Gasteiger partial charge in [0.15, 0.2) is 0 Å². The third kappa shape index (κ3) is 3.16. The van der Waals surface area contributed by atoms with Crippen molar-refractivity contribution in [1.82, 2.24) is 0 Å². The van der Waals surface area contributed by atoms with Crippen LogP contribution in [0.4, 0.5) is 11.4 Å². The largest absolute Gasteiger partial charge is 0.481 e. The summed E-state index contributed by atoms with van der Waals surface area (Å²) in [7, 11) is 1.16. The van der Waals surface area contributed by atoms with Crippen molar-refractivity contribution in [2.45, 2.75) is 12.8 Å². The SMILES string of the molecule is COC(=O)c1cc(N2CCC(C(=O)O)CC2)ccc1[N+](=O)[O-]. The average molecular weight is 308 g/mol. The number of carboxylic acid groups (broad SMARTS) is 1. The van der Waals surface area contributed by atoms with Crippen molar-refractivity contribution < 1.29 is 24.4 Å². The first-order chi connectivity index (χ1) is 10.4. The fraction of sp³-hybridized carbons (Fsp3) is 0.429. The number of anilines is 1. The van der Waals surface area contributed by atoms with Crippen molar-refractivity contribution in [2.75, 3.05) is 25.1 Å². The molecule has 0 atom stereocenters. The van der Waals surface area contributed by atoms with Crippen LogP contribution in [0, 0.1) is 16.0 Å². The number of piperidine rings is 1. The van der Waals surface area contributed by atoms with Crippen LogP contribution in [0.25, 0.3) is 0 Å². The third-order valence-electron chi connectivity index (χ3n) is 3.79. The van der Waals surface area contributed by atoms with Crippen LogP contribution in [0.2, 0.25) is 0 Å². The number of methoxy groups -OCH3 is 1. The molecule has 0 spiro atoms. The van der Waals surface area contributed by atoms with Crippen LogP contribution in [-0.4, -0.2) is 42.2 Å². The zero-order valence-electron chi connectivity index (χ0n) is 12.0. The van der Waals surface area contributed by atoms with Gasteiger partial charge in [0, 0.05) is 24.8 Å². The van der Waals surface area contributed by atoms with Gasteiger partial charge in [-0.05, 0) is 25.0 Å². The Morgan fingerprint density at radius 2 is 2.00 bits per heavy atom. The van der Waals surface area contributed by atoms with Crippen molar-refractivity contribution in [2.24, 2.45) is 5.92 Å². The summed E-state index contributed by atoms with van der Waals surface area (Å²) in [4.78, 5) is 34.9. The minimum atomic E-state index is -0.807. The smallest absolute Gasteiger partial charge is 0.344 e. The Morgan fingerprint density at radius 3 is 2.50 bits per heavy atom. The quantitative estimate of drug-likeness (QED) is 0.512. The number of aliphatic carboxylic acids is 1. The first-order valence-electron chi connectivity index (χ1n) is 6.78. The Kier molecular flexibility index (Phi) is 4.59. The fourth-order valence-corrected chi connectivity index (χ4v) is 2.54. The molecule has 0 unspecified atom stereocenters. The number of carboxylic acids is 1. The van der Waals surface area contributed by atoms with Gasteiger partial charge in [-0.1, -0.05) is 0 Å². The Balaban J connectivity index is 2.24. The summed E-state index contributed by atoms with van der Waals surface area (Å²) >= 11 is 0. The van der Waals surface area contributed by atoms with E-state index in [1.807, 2.05) is 4.90 Å². The Morgan fingerprint density at radius 1 is 1.36 bits per heavy atom. The Labute approximate surface area is 126 Å². The van der Waals surface area contributed by atoms with E-state index in [0.29, 0.717) is 31.6 Å². The molecule has 1 aliphatic heterocycles. The maximum absolute atomic E-state index is 11.7. The molecule has 2 rings (SSSR count). The van der Waals surface area contributed by atoms with Crippen molar-refractivity contribution >= 4 is 23.3 Å². The number of nitro benzene ring substituents is 1. The number of esters is 1. The van der Waals surface area contributed by atoms with Crippen molar-refractivity contribution in [3.63, 3.8) is 0 Å². The Bertz CT molecular complexity index is 607. The summed E-state index contributed by atoms with van der Waals surface area (Å²) in [6.45, 7) is 1.05. The number of ether oxygens (including phenoxy) is 1. The second-order valence-electron chi connectivity index (χ2n) is 5.05. The third-order valence-corrected chi connectivity index (χ3v) is 3.79. The van der Waals surface area contributed by atoms with Crippen molar-refractivity contribution in [3.8, 4) is 0 Å². The predicted octanol–water partition coefficient (Wildman–Crippen LogP) is 1.68. The molecule has 1 fully saturated rings. The normalized spacial score (nSPS) is 15.4. The second kappa shape index (κ2) is 6.42. The van der Waals surface area contributed by atoms with E-state index in [1.54, 1.807) is 6.07 Å². The standard InChI is InChI=1S/C14H16N2O6/c1-22-14(19)11-8-10(2-3-12(11)16(20)21)15-6-4-9(5-7-15)13(17)18/h2-3,8-9H,4-7H2,1H3,(H,17,18). The van der Waals surface area contributed by atoms with Gasteiger partial charge >= 0.3 is 11.9 Å². The highest BCUT2D eigenvalue weighted by Gasteiger charge is 2.27. The molecule has 0 aliphatic carbocycles. The second-order valence-corrected chi connectivity index (χ2v) is 5.05. The van der Waals surface area contributed by atoms with Gasteiger partial charge in [-0.15, -0.1) is 0 Å². The molecule has 0 radical (unpaired) electrons. The van der Waals surface area contributed by atoms with Crippen molar-refractivity contribution in [1.29, 1.82) is 0 Å². The zero-order chi connectivity index (χ0) is 16.3. The van der Waals surface area contributed by atoms with Crippen LogP contribution in [0.3, 0.4) is 0 Å². The molecule has 8 nitrogen and oxygen atoms in total. The monoisotopic (exact) mass is 308 g/mol. The van der Waals surface area contributed by atoms with Crippen LogP contribution >= 0.6 is 0 Å². The van der Waals surface area contributed by atoms with E-state index in [-0.39, 0.29) is 17.2 Å². The number of benzene rings is 1. The van der Waals surface area contributed by atoms with E-state index >= 15 is 0 Å². The van der Waals surface area contributed by atoms with E-state index in [4.69, 9.17) is 5.11 Å². The van der Waals surface area contributed by atoms with Crippen LogP contribution in [-0.2, 0) is 9.53 Å². The van der Waals surface area contributed by atoms with Gasteiger partial charge in [-0.25, -0.2) is 4.79 Å². The summed E-state index contributed by atoms with van der Waals surface area (Å²) in [5.74, 6) is -1.94. The maximum atomic E-state index is 11.7. The number of carbonyl (C=O) groups excluding carboxylic acids is 1. The minimum absolute atomic E-state index is 0.106. The summed E-state index contributed by atoms with van der Waals surface area (Å²) in [5, 5.41) is 20.0. The summed E-state index contributed by atoms with van der Waals surface area (Å²) in [6, 6.07) is 4.25. The zero-order valence-corrected chi connectivity index (χ0v) is 12.0. The lowest BCUT2D eigenvalue weighted by molar-refractivity contribution is -0.385. The van der Waals surface area contributed by atoms with E-state index in [9.17, 15) is 19.7 Å². The van der Waals surface area contributed by atoms with Crippen LogP contribution < -0.4 is 4.90 Å². The molecule has 1 aromatic carbocycles. The highest BCUT2D eigenvalue weighted by atomic mass is 16.6. The molecule has 118 valence electrons. The van der Waals surface area contributed by atoms with Gasteiger partial charge in [0.2, 0.25) is 0 Å². The Hall–Kier alpha value is -2.64. The van der Waals surface area contributed by atoms with Gasteiger partial charge in [0.25, 0.3) is 5.69 Å². The van der Waals surface area contributed by atoms with Crippen LogP contribution in [0.1, 0.15) is 23.2 Å². The van der Waals surface area contributed by atoms with E-state index in [2.05, 4.69) is 4.74 Å². The first kappa shape index (κ1) is 15.7. The minimum Gasteiger partial charge on any atom is -0.481 e. The molecule has 1 N–H and O–H groups in total. The number of hydrogen-bond donors (Lipinski definition) is 1. The lowest BCUT2D eigenvalue weighted by Crippen LogP contribution is -2.36. The lowest BCUT2D eigenvalue weighted by Gasteiger charge is -2.32. The number of hydrogen-bond acceptors (Lipinski definition) is 6. The summed E-state index contributed by atoms with van der Waals surface area (Å²) in [6.07, 6.45) is 1.000. The number of nitrogens with zero attached hydrogens (tertiary/aromatic N) is 2. The number of rotatable bonds is 4. The van der Waals surface area contributed by atoms with Gasteiger partial charge < -0.3 is 14.7 Å². The molecule has 1 saturated heterocycles. The molecule has 0 amide bonds.